The zero-order chi connectivity index (χ0) is 18.5. The Morgan fingerprint density at radius 3 is 2.32 bits per heavy atom. The summed E-state index contributed by atoms with van der Waals surface area (Å²) >= 11 is 0. The van der Waals surface area contributed by atoms with E-state index in [9.17, 15) is 18.0 Å². The molecule has 2 fully saturated rings. The lowest BCUT2D eigenvalue weighted by Crippen LogP contribution is -2.48. The molecule has 4 nitrogen and oxygen atoms in total. The van der Waals surface area contributed by atoms with Gasteiger partial charge in [-0.3, -0.25) is 0 Å². The molecule has 1 aromatic rings. The van der Waals surface area contributed by atoms with Crippen LogP contribution in [0.5, 0.6) is 5.75 Å². The van der Waals surface area contributed by atoms with E-state index in [1.807, 2.05) is 0 Å². The Morgan fingerprint density at radius 2 is 1.84 bits per heavy atom. The highest BCUT2D eigenvalue weighted by Crippen LogP contribution is 2.65. The first-order valence-corrected chi connectivity index (χ1v) is 8.45. The largest absolute Gasteiger partial charge is 0.573 e. The summed E-state index contributed by atoms with van der Waals surface area (Å²) < 4.78 is 40.3. The molecule has 0 heterocycles. The van der Waals surface area contributed by atoms with Gasteiger partial charge in [0, 0.05) is 11.7 Å². The molecule has 0 spiro atoms. The molecule has 3 atom stereocenters. The van der Waals surface area contributed by atoms with Crippen LogP contribution in [-0.4, -0.2) is 18.4 Å². The number of benzene rings is 1. The number of ether oxygens (including phenoxy) is 1. The standard InChI is InChI=1S/C18H23F3N2O2/c1-16(2)11-8-9-17(16,3)14(10-11)23-15(24)22-12-4-6-13(7-5-12)25-18(19,20)21/h4-7,11,14H,8-10H2,1-3H3,(H2,22,23,24). The fourth-order valence-electron chi connectivity index (χ4n) is 4.49. The van der Waals surface area contributed by atoms with Gasteiger partial charge >= 0.3 is 12.4 Å². The molecule has 2 aliphatic rings. The molecule has 2 aliphatic carbocycles. The smallest absolute Gasteiger partial charge is 0.406 e. The van der Waals surface area contributed by atoms with Crippen molar-refractivity contribution in [3.8, 4) is 5.75 Å². The predicted molar refractivity (Wildman–Crippen MR) is 88.3 cm³/mol. The number of rotatable bonds is 3. The second-order valence-electron chi connectivity index (χ2n) is 7.83. The summed E-state index contributed by atoms with van der Waals surface area (Å²) in [7, 11) is 0. The van der Waals surface area contributed by atoms with Gasteiger partial charge in [-0.05, 0) is 60.3 Å². The van der Waals surface area contributed by atoms with Crippen LogP contribution in [0.15, 0.2) is 24.3 Å². The summed E-state index contributed by atoms with van der Waals surface area (Å²) in [6, 6.07) is 4.88. The minimum Gasteiger partial charge on any atom is -0.406 e. The van der Waals surface area contributed by atoms with Gasteiger partial charge in [0.05, 0.1) is 0 Å². The number of carbonyl (C=O) groups is 1. The lowest BCUT2D eigenvalue weighted by Gasteiger charge is -2.39. The third kappa shape index (κ3) is 3.28. The van der Waals surface area contributed by atoms with Gasteiger partial charge in [-0.1, -0.05) is 20.8 Å². The quantitative estimate of drug-likeness (QED) is 0.807. The van der Waals surface area contributed by atoms with Gasteiger partial charge in [0.25, 0.3) is 0 Å². The van der Waals surface area contributed by atoms with Crippen LogP contribution >= 0.6 is 0 Å². The predicted octanol–water partition coefficient (Wildman–Crippen LogP) is 4.92. The monoisotopic (exact) mass is 356 g/mol. The zero-order valence-corrected chi connectivity index (χ0v) is 14.5. The van der Waals surface area contributed by atoms with Crippen molar-refractivity contribution in [3.63, 3.8) is 0 Å². The lowest BCUT2D eigenvalue weighted by molar-refractivity contribution is -0.274. The summed E-state index contributed by atoms with van der Waals surface area (Å²) in [5.74, 6) is 0.294. The van der Waals surface area contributed by atoms with Crippen molar-refractivity contribution in [3.05, 3.63) is 24.3 Å². The Kier molecular flexibility index (Phi) is 4.16. The maximum Gasteiger partial charge on any atom is 0.573 e. The SMILES string of the molecule is CC1(C)C2CCC1(C)C(NC(=O)Nc1ccc(OC(F)(F)F)cc1)C2. The van der Waals surface area contributed by atoms with E-state index >= 15 is 0 Å². The third-order valence-corrected chi connectivity index (χ3v) is 6.45. The number of hydrogen-bond donors (Lipinski definition) is 2. The maximum atomic E-state index is 12.3. The summed E-state index contributed by atoms with van der Waals surface area (Å²) in [5.41, 5.74) is 0.681. The number of carbonyl (C=O) groups excluding carboxylic acids is 1. The van der Waals surface area contributed by atoms with E-state index in [1.54, 1.807) is 0 Å². The maximum absolute atomic E-state index is 12.3. The number of nitrogens with one attached hydrogen (secondary N) is 2. The number of urea groups is 1. The molecule has 0 aliphatic heterocycles. The van der Waals surface area contributed by atoms with Crippen LogP contribution in [0.3, 0.4) is 0 Å². The van der Waals surface area contributed by atoms with Gasteiger partial charge in [0.2, 0.25) is 0 Å². The average Bonchev–Trinajstić information content (AvgIpc) is 2.81. The molecule has 2 saturated carbocycles. The van der Waals surface area contributed by atoms with Gasteiger partial charge in [0.15, 0.2) is 0 Å². The Hall–Kier alpha value is -1.92. The van der Waals surface area contributed by atoms with E-state index in [-0.39, 0.29) is 28.7 Å². The molecule has 0 radical (unpaired) electrons. The Morgan fingerprint density at radius 1 is 1.20 bits per heavy atom. The first-order chi connectivity index (χ1) is 11.5. The van der Waals surface area contributed by atoms with E-state index in [2.05, 4.69) is 36.1 Å². The number of anilines is 1. The first kappa shape index (κ1) is 17.9. The summed E-state index contributed by atoms with van der Waals surface area (Å²) in [6.45, 7) is 6.77. The van der Waals surface area contributed by atoms with Crippen molar-refractivity contribution < 1.29 is 22.7 Å². The molecule has 138 valence electrons. The molecule has 2 bridgehead atoms. The topological polar surface area (TPSA) is 50.4 Å². The van der Waals surface area contributed by atoms with Gasteiger partial charge in [-0.25, -0.2) is 4.79 Å². The highest BCUT2D eigenvalue weighted by Gasteiger charge is 2.61. The highest BCUT2D eigenvalue weighted by molar-refractivity contribution is 5.89. The van der Waals surface area contributed by atoms with Gasteiger partial charge in [-0.2, -0.15) is 0 Å². The molecule has 3 unspecified atom stereocenters. The molecule has 1 aromatic carbocycles. The van der Waals surface area contributed by atoms with E-state index in [4.69, 9.17) is 0 Å². The Balaban J connectivity index is 1.59. The molecule has 7 heteroatoms. The molecule has 25 heavy (non-hydrogen) atoms. The number of amides is 2. The number of hydrogen-bond acceptors (Lipinski definition) is 2. The van der Waals surface area contributed by atoms with Crippen LogP contribution in [0.25, 0.3) is 0 Å². The average molecular weight is 356 g/mol. The summed E-state index contributed by atoms with van der Waals surface area (Å²) in [4.78, 5) is 12.3. The molecule has 2 amide bonds. The minimum absolute atomic E-state index is 0.0689. The Labute approximate surface area is 145 Å². The van der Waals surface area contributed by atoms with Crippen molar-refractivity contribution in [2.75, 3.05) is 5.32 Å². The van der Waals surface area contributed by atoms with Crippen molar-refractivity contribution in [2.24, 2.45) is 16.7 Å². The van der Waals surface area contributed by atoms with Crippen molar-refractivity contribution in [1.29, 1.82) is 0 Å². The number of halogens is 3. The van der Waals surface area contributed by atoms with Crippen LogP contribution in [0.1, 0.15) is 40.0 Å². The molecule has 0 aromatic heterocycles. The van der Waals surface area contributed by atoms with Gasteiger partial charge < -0.3 is 15.4 Å². The van der Waals surface area contributed by atoms with Gasteiger partial charge in [0.1, 0.15) is 5.75 Å². The third-order valence-electron chi connectivity index (χ3n) is 6.45. The van der Waals surface area contributed by atoms with E-state index < -0.39 is 6.36 Å². The van der Waals surface area contributed by atoms with Gasteiger partial charge in [-0.15, -0.1) is 13.2 Å². The zero-order valence-electron chi connectivity index (χ0n) is 14.5. The number of alkyl halides is 3. The second kappa shape index (κ2) is 5.81. The van der Waals surface area contributed by atoms with Crippen molar-refractivity contribution in [1.82, 2.24) is 5.32 Å². The van der Waals surface area contributed by atoms with Crippen LogP contribution in [0.4, 0.5) is 23.7 Å². The van der Waals surface area contributed by atoms with E-state index in [0.717, 1.165) is 12.8 Å². The summed E-state index contributed by atoms with van der Waals surface area (Å²) in [5, 5.41) is 5.72. The fourth-order valence-corrected chi connectivity index (χ4v) is 4.49. The fraction of sp³-hybridized carbons (Fsp3) is 0.611. The minimum atomic E-state index is -4.73. The molecule has 0 saturated heterocycles. The van der Waals surface area contributed by atoms with Crippen LogP contribution in [0.2, 0.25) is 0 Å². The molecule has 3 rings (SSSR count). The van der Waals surface area contributed by atoms with E-state index in [1.165, 1.54) is 30.7 Å². The molecular formula is C18H23F3N2O2. The van der Waals surface area contributed by atoms with Crippen molar-refractivity contribution in [2.45, 2.75) is 52.4 Å². The van der Waals surface area contributed by atoms with Crippen molar-refractivity contribution >= 4 is 11.7 Å². The first-order valence-electron chi connectivity index (χ1n) is 8.45. The van der Waals surface area contributed by atoms with Crippen LogP contribution < -0.4 is 15.4 Å². The van der Waals surface area contributed by atoms with E-state index in [0.29, 0.717) is 11.6 Å². The number of fused-ring (bicyclic) bond motifs is 2. The van der Waals surface area contributed by atoms with Crippen LogP contribution in [0, 0.1) is 16.7 Å². The van der Waals surface area contributed by atoms with Crippen LogP contribution in [-0.2, 0) is 0 Å². The Bertz CT molecular complexity index is 657. The highest BCUT2D eigenvalue weighted by atomic mass is 19.4. The second-order valence-corrected chi connectivity index (χ2v) is 7.83. The lowest BCUT2D eigenvalue weighted by atomic mass is 9.69. The molecular weight excluding hydrogens is 333 g/mol. The normalized spacial score (nSPS) is 30.2. The summed E-state index contributed by atoms with van der Waals surface area (Å²) in [6.07, 6.45) is -1.46. The molecule has 2 N–H and O–H groups in total.